The average molecular weight is 157 g/mol. The molecule has 2 atom stereocenters. The molecular weight excluding hydrogens is 150 g/mol. The van der Waals surface area contributed by atoms with E-state index in [1.165, 1.54) is 0 Å². The summed E-state index contributed by atoms with van der Waals surface area (Å²) < 4.78 is 0. The van der Waals surface area contributed by atoms with E-state index in [0.29, 0.717) is 6.29 Å². The molecule has 11 heavy (non-hydrogen) atoms. The van der Waals surface area contributed by atoms with Crippen LogP contribution in [0.2, 0.25) is 0 Å². The number of rotatable bonds is 1. The third kappa shape index (κ3) is 1.35. The molecule has 60 valence electrons. The van der Waals surface area contributed by atoms with E-state index in [0.717, 1.165) is 0 Å². The van der Waals surface area contributed by atoms with Crippen molar-refractivity contribution in [2.75, 3.05) is 0 Å². The Kier molecular flexibility index (Phi) is 1.86. The van der Waals surface area contributed by atoms with Crippen LogP contribution in [0.3, 0.4) is 0 Å². The van der Waals surface area contributed by atoms with Gasteiger partial charge >= 0.3 is 6.03 Å². The molecule has 0 spiro atoms. The predicted octanol–water partition coefficient (Wildman–Crippen LogP) is -2.07. The van der Waals surface area contributed by atoms with Crippen LogP contribution < -0.4 is 16.4 Å². The third-order valence-corrected chi connectivity index (χ3v) is 1.37. The molecule has 0 aromatic heterocycles. The first-order valence-electron chi connectivity index (χ1n) is 2.97. The molecule has 0 saturated carbocycles. The summed E-state index contributed by atoms with van der Waals surface area (Å²) in [5.74, 6) is -1.64. The number of amides is 3. The Morgan fingerprint density at radius 1 is 1.45 bits per heavy atom. The number of hydrogen-bond donors (Lipinski definition) is 3. The van der Waals surface area contributed by atoms with E-state index in [9.17, 15) is 14.4 Å². The van der Waals surface area contributed by atoms with Gasteiger partial charge in [0.2, 0.25) is 5.91 Å². The molecule has 1 saturated heterocycles. The molecule has 0 radical (unpaired) electrons. The van der Waals surface area contributed by atoms with Crippen molar-refractivity contribution in [2.24, 2.45) is 11.7 Å². The van der Waals surface area contributed by atoms with Crippen LogP contribution in [0.5, 0.6) is 0 Å². The van der Waals surface area contributed by atoms with Crippen molar-refractivity contribution >= 4 is 18.2 Å². The van der Waals surface area contributed by atoms with Gasteiger partial charge in [-0.15, -0.1) is 0 Å². The van der Waals surface area contributed by atoms with Gasteiger partial charge in [-0.05, 0) is 0 Å². The minimum atomic E-state index is -0.979. The van der Waals surface area contributed by atoms with Crippen LogP contribution in [0.25, 0.3) is 0 Å². The minimum Gasteiger partial charge on any atom is -0.321 e. The molecule has 4 N–H and O–H groups in total. The number of nitrogens with two attached hydrogens (primary N) is 1. The third-order valence-electron chi connectivity index (χ3n) is 1.37. The van der Waals surface area contributed by atoms with E-state index in [4.69, 9.17) is 5.73 Å². The van der Waals surface area contributed by atoms with E-state index in [2.05, 4.69) is 5.32 Å². The first-order valence-corrected chi connectivity index (χ1v) is 2.97. The van der Waals surface area contributed by atoms with Crippen LogP contribution in [0.1, 0.15) is 0 Å². The monoisotopic (exact) mass is 157 g/mol. The molecule has 0 aliphatic carbocycles. The molecular formula is C5H7N3O3. The Morgan fingerprint density at radius 2 is 2.09 bits per heavy atom. The van der Waals surface area contributed by atoms with Gasteiger partial charge in [-0.3, -0.25) is 10.1 Å². The molecule has 6 heteroatoms. The lowest BCUT2D eigenvalue weighted by Crippen LogP contribution is -2.62. The number of carbonyl (C=O) groups excluding carboxylic acids is 3. The zero-order valence-corrected chi connectivity index (χ0v) is 5.53. The average Bonchev–Trinajstić information content (AvgIpc) is 1.85. The van der Waals surface area contributed by atoms with E-state index < -0.39 is 24.0 Å². The lowest BCUT2D eigenvalue weighted by atomic mass is 10.1. The van der Waals surface area contributed by atoms with Crippen molar-refractivity contribution in [3.8, 4) is 0 Å². The van der Waals surface area contributed by atoms with Gasteiger partial charge in [0.15, 0.2) is 0 Å². The lowest BCUT2D eigenvalue weighted by Gasteiger charge is -2.24. The number of hydrogen-bond acceptors (Lipinski definition) is 4. The predicted molar refractivity (Wildman–Crippen MR) is 34.2 cm³/mol. The molecule has 1 aliphatic heterocycles. The summed E-state index contributed by atoms with van der Waals surface area (Å²) in [5.41, 5.74) is 5.25. The fourth-order valence-corrected chi connectivity index (χ4v) is 0.782. The van der Waals surface area contributed by atoms with Crippen LogP contribution in [0.15, 0.2) is 0 Å². The second-order valence-electron chi connectivity index (χ2n) is 2.15. The second-order valence-corrected chi connectivity index (χ2v) is 2.15. The van der Waals surface area contributed by atoms with Crippen LogP contribution in [-0.2, 0) is 9.59 Å². The summed E-state index contributed by atoms with van der Waals surface area (Å²) in [5, 5.41) is 4.10. The SMILES string of the molecule is NC1NC(=O)NC(=O)C1C=O. The van der Waals surface area contributed by atoms with Gasteiger partial charge in [0.1, 0.15) is 12.2 Å². The van der Waals surface area contributed by atoms with Crippen LogP contribution in [0.4, 0.5) is 4.79 Å². The van der Waals surface area contributed by atoms with Crippen molar-refractivity contribution in [3.05, 3.63) is 0 Å². The largest absolute Gasteiger partial charge is 0.322 e. The maximum atomic E-state index is 10.8. The number of aldehydes is 1. The fraction of sp³-hybridized carbons (Fsp3) is 0.400. The van der Waals surface area contributed by atoms with Gasteiger partial charge in [-0.25, -0.2) is 4.79 Å². The Balaban J connectivity index is 2.74. The van der Waals surface area contributed by atoms with Gasteiger partial charge in [0, 0.05) is 0 Å². The summed E-state index contributed by atoms with van der Waals surface area (Å²) in [4.78, 5) is 31.5. The second kappa shape index (κ2) is 2.67. The quantitative estimate of drug-likeness (QED) is 0.300. The highest BCUT2D eigenvalue weighted by Crippen LogP contribution is 1.99. The molecule has 1 rings (SSSR count). The van der Waals surface area contributed by atoms with Crippen LogP contribution in [0, 0.1) is 5.92 Å². The maximum Gasteiger partial charge on any atom is 0.322 e. The molecule has 0 aromatic rings. The molecule has 3 amide bonds. The van der Waals surface area contributed by atoms with E-state index in [1.807, 2.05) is 5.32 Å². The highest BCUT2D eigenvalue weighted by atomic mass is 16.2. The zero-order chi connectivity index (χ0) is 8.43. The van der Waals surface area contributed by atoms with Crippen LogP contribution in [-0.4, -0.2) is 24.4 Å². The molecule has 2 unspecified atom stereocenters. The van der Waals surface area contributed by atoms with E-state index in [1.54, 1.807) is 0 Å². The zero-order valence-electron chi connectivity index (χ0n) is 5.53. The fourth-order valence-electron chi connectivity index (χ4n) is 0.782. The number of imide groups is 1. The van der Waals surface area contributed by atoms with Crippen molar-refractivity contribution in [1.82, 2.24) is 10.6 Å². The lowest BCUT2D eigenvalue weighted by molar-refractivity contribution is -0.130. The molecule has 0 aromatic carbocycles. The smallest absolute Gasteiger partial charge is 0.321 e. The van der Waals surface area contributed by atoms with Crippen molar-refractivity contribution in [2.45, 2.75) is 6.17 Å². The van der Waals surface area contributed by atoms with Gasteiger partial charge in [-0.1, -0.05) is 0 Å². The first kappa shape index (κ1) is 7.67. The Labute approximate surface area is 62.1 Å². The number of carbonyl (C=O) groups is 3. The summed E-state index contributed by atoms with van der Waals surface area (Å²) in [6, 6.07) is -0.666. The molecule has 6 nitrogen and oxygen atoms in total. The van der Waals surface area contributed by atoms with E-state index in [-0.39, 0.29) is 0 Å². The minimum absolute atomic E-state index is 0.402. The van der Waals surface area contributed by atoms with Gasteiger partial charge in [0.25, 0.3) is 0 Å². The Bertz CT molecular complexity index is 215. The number of urea groups is 1. The summed E-state index contributed by atoms with van der Waals surface area (Å²) in [7, 11) is 0. The summed E-state index contributed by atoms with van der Waals surface area (Å²) in [6.07, 6.45) is -0.506. The maximum absolute atomic E-state index is 10.8. The summed E-state index contributed by atoms with van der Waals surface area (Å²) in [6.45, 7) is 0. The van der Waals surface area contributed by atoms with E-state index >= 15 is 0 Å². The number of nitrogens with one attached hydrogen (secondary N) is 2. The highest BCUT2D eigenvalue weighted by Gasteiger charge is 2.32. The van der Waals surface area contributed by atoms with Crippen molar-refractivity contribution in [3.63, 3.8) is 0 Å². The molecule has 1 fully saturated rings. The molecule has 1 heterocycles. The van der Waals surface area contributed by atoms with Gasteiger partial charge in [-0.2, -0.15) is 0 Å². The Hall–Kier alpha value is -1.43. The van der Waals surface area contributed by atoms with Crippen molar-refractivity contribution < 1.29 is 14.4 Å². The van der Waals surface area contributed by atoms with Gasteiger partial charge in [0.05, 0.1) is 6.17 Å². The molecule has 1 aliphatic rings. The summed E-state index contributed by atoms with van der Waals surface area (Å²) >= 11 is 0. The topological polar surface area (TPSA) is 101 Å². The highest BCUT2D eigenvalue weighted by molar-refractivity contribution is 6.04. The normalized spacial score (nSPS) is 30.6. The van der Waals surface area contributed by atoms with Crippen molar-refractivity contribution in [1.29, 1.82) is 0 Å². The molecule has 0 bridgehead atoms. The van der Waals surface area contributed by atoms with Crippen LogP contribution >= 0.6 is 0 Å². The Morgan fingerprint density at radius 3 is 2.55 bits per heavy atom. The van der Waals surface area contributed by atoms with Gasteiger partial charge < -0.3 is 15.8 Å². The first-order chi connectivity index (χ1) is 5.15. The standard InChI is InChI=1S/C5H7N3O3/c6-3-2(1-9)4(10)8-5(11)7-3/h1-3H,6H2,(H2,7,8,10,11).